The van der Waals surface area contributed by atoms with E-state index in [1.807, 2.05) is 12.1 Å². The van der Waals surface area contributed by atoms with Gasteiger partial charge in [-0.15, -0.1) is 0 Å². The van der Waals surface area contributed by atoms with Crippen LogP contribution < -0.4 is 15.8 Å². The molecular formula is C14H18N4O. The van der Waals surface area contributed by atoms with Gasteiger partial charge in [0.25, 0.3) is 0 Å². The quantitative estimate of drug-likeness (QED) is 0.882. The number of anilines is 3. The van der Waals surface area contributed by atoms with Crippen LogP contribution in [0.4, 0.5) is 17.5 Å². The van der Waals surface area contributed by atoms with Crippen LogP contribution >= 0.6 is 0 Å². The van der Waals surface area contributed by atoms with Gasteiger partial charge in [-0.3, -0.25) is 0 Å². The first kappa shape index (κ1) is 13.1. The summed E-state index contributed by atoms with van der Waals surface area (Å²) >= 11 is 0. The summed E-state index contributed by atoms with van der Waals surface area (Å²) in [6.07, 6.45) is 0. The zero-order valence-corrected chi connectivity index (χ0v) is 11.3. The van der Waals surface area contributed by atoms with E-state index in [-0.39, 0.29) is 5.95 Å². The van der Waals surface area contributed by atoms with Crippen LogP contribution in [0.2, 0.25) is 0 Å². The second-order valence-corrected chi connectivity index (χ2v) is 4.56. The second-order valence-electron chi connectivity index (χ2n) is 4.56. The average Bonchev–Trinajstić information content (AvgIpc) is 2.38. The molecule has 0 fully saturated rings. The third kappa shape index (κ3) is 3.34. The van der Waals surface area contributed by atoms with Gasteiger partial charge in [0.15, 0.2) is 0 Å². The summed E-state index contributed by atoms with van der Waals surface area (Å²) in [4.78, 5) is 8.07. The lowest BCUT2D eigenvalue weighted by Crippen LogP contribution is -2.02. The maximum atomic E-state index is 5.62. The first-order valence-electron chi connectivity index (χ1n) is 6.14. The third-order valence-corrected chi connectivity index (χ3v) is 2.75. The molecule has 5 heteroatoms. The zero-order chi connectivity index (χ0) is 13.8. The molecule has 1 heterocycles. The predicted octanol–water partition coefficient (Wildman–Crippen LogP) is 2.93. The van der Waals surface area contributed by atoms with Crippen molar-refractivity contribution in [2.24, 2.45) is 0 Å². The summed E-state index contributed by atoms with van der Waals surface area (Å²) in [6.45, 7) is 4.32. The lowest BCUT2D eigenvalue weighted by molar-refractivity contribution is 0.398. The van der Waals surface area contributed by atoms with Crippen LogP contribution in [0.25, 0.3) is 0 Å². The van der Waals surface area contributed by atoms with E-state index in [0.29, 0.717) is 17.6 Å². The Labute approximate surface area is 112 Å². The lowest BCUT2D eigenvalue weighted by Gasteiger charge is -2.10. The van der Waals surface area contributed by atoms with Crippen molar-refractivity contribution in [1.29, 1.82) is 0 Å². The number of aromatic nitrogens is 2. The van der Waals surface area contributed by atoms with Gasteiger partial charge in [0.2, 0.25) is 11.8 Å². The van der Waals surface area contributed by atoms with Crippen LogP contribution in [-0.4, -0.2) is 17.1 Å². The highest BCUT2D eigenvalue weighted by Crippen LogP contribution is 2.22. The number of ether oxygens (including phenoxy) is 1. The van der Waals surface area contributed by atoms with Crippen LogP contribution in [0.15, 0.2) is 30.3 Å². The summed E-state index contributed by atoms with van der Waals surface area (Å²) in [5, 5.41) is 3.20. The Bertz CT molecular complexity index is 569. The number of nitrogens with zero attached hydrogens (tertiary/aromatic N) is 2. The number of benzene rings is 1. The SMILES string of the molecule is COc1cc(Nc2cccc(C(C)C)c2)nc(N)n1. The largest absolute Gasteiger partial charge is 0.481 e. The molecule has 0 spiro atoms. The topological polar surface area (TPSA) is 73.1 Å². The van der Waals surface area contributed by atoms with Gasteiger partial charge >= 0.3 is 0 Å². The fourth-order valence-electron chi connectivity index (χ4n) is 1.73. The summed E-state index contributed by atoms with van der Waals surface area (Å²) in [5.74, 6) is 1.72. The second kappa shape index (κ2) is 5.56. The van der Waals surface area contributed by atoms with Crippen molar-refractivity contribution in [3.63, 3.8) is 0 Å². The minimum absolute atomic E-state index is 0.182. The van der Waals surface area contributed by atoms with E-state index in [1.54, 1.807) is 13.2 Å². The van der Waals surface area contributed by atoms with Crippen molar-refractivity contribution in [3.05, 3.63) is 35.9 Å². The minimum atomic E-state index is 0.182. The van der Waals surface area contributed by atoms with Crippen molar-refractivity contribution in [2.75, 3.05) is 18.2 Å². The zero-order valence-electron chi connectivity index (χ0n) is 11.3. The van der Waals surface area contributed by atoms with E-state index in [0.717, 1.165) is 5.69 Å². The van der Waals surface area contributed by atoms with E-state index < -0.39 is 0 Å². The first-order chi connectivity index (χ1) is 9.08. The molecule has 0 amide bonds. The van der Waals surface area contributed by atoms with E-state index in [1.165, 1.54) is 5.56 Å². The molecule has 0 aliphatic rings. The monoisotopic (exact) mass is 258 g/mol. The number of nitrogen functional groups attached to an aromatic ring is 1. The predicted molar refractivity (Wildman–Crippen MR) is 76.8 cm³/mol. The Morgan fingerprint density at radius 2 is 2.00 bits per heavy atom. The Kier molecular flexibility index (Phi) is 3.85. The van der Waals surface area contributed by atoms with Crippen molar-refractivity contribution in [3.8, 4) is 5.88 Å². The molecule has 3 N–H and O–H groups in total. The molecule has 2 rings (SSSR count). The molecule has 0 aliphatic carbocycles. The smallest absolute Gasteiger partial charge is 0.225 e. The fourth-order valence-corrected chi connectivity index (χ4v) is 1.73. The standard InChI is InChI=1S/C14H18N4O/c1-9(2)10-5-4-6-11(7-10)16-12-8-13(19-3)18-14(15)17-12/h4-9H,1-3H3,(H3,15,16,17,18). The average molecular weight is 258 g/mol. The highest BCUT2D eigenvalue weighted by molar-refractivity contribution is 5.59. The highest BCUT2D eigenvalue weighted by Gasteiger charge is 2.04. The van der Waals surface area contributed by atoms with Gasteiger partial charge in [0.1, 0.15) is 5.82 Å². The maximum Gasteiger partial charge on any atom is 0.225 e. The van der Waals surface area contributed by atoms with E-state index in [2.05, 4.69) is 41.3 Å². The molecular weight excluding hydrogens is 240 g/mol. The summed E-state index contributed by atoms with van der Waals surface area (Å²) in [5.41, 5.74) is 7.85. The maximum absolute atomic E-state index is 5.62. The number of methoxy groups -OCH3 is 1. The molecule has 1 aromatic heterocycles. The molecule has 0 unspecified atom stereocenters. The Morgan fingerprint density at radius 1 is 1.21 bits per heavy atom. The summed E-state index contributed by atoms with van der Waals surface area (Å²) < 4.78 is 5.06. The lowest BCUT2D eigenvalue weighted by atomic mass is 10.0. The third-order valence-electron chi connectivity index (χ3n) is 2.75. The Morgan fingerprint density at radius 3 is 2.68 bits per heavy atom. The number of nitrogens with one attached hydrogen (secondary N) is 1. The highest BCUT2D eigenvalue weighted by atomic mass is 16.5. The van der Waals surface area contributed by atoms with Gasteiger partial charge < -0.3 is 15.8 Å². The molecule has 100 valence electrons. The molecule has 2 aromatic rings. The Hall–Kier alpha value is -2.30. The molecule has 0 radical (unpaired) electrons. The van der Waals surface area contributed by atoms with E-state index >= 15 is 0 Å². The molecule has 19 heavy (non-hydrogen) atoms. The van der Waals surface area contributed by atoms with Gasteiger partial charge in [-0.1, -0.05) is 26.0 Å². The van der Waals surface area contributed by atoms with Gasteiger partial charge in [-0.25, -0.2) is 0 Å². The molecule has 0 atom stereocenters. The molecule has 0 saturated carbocycles. The summed E-state index contributed by atoms with van der Waals surface area (Å²) in [6, 6.07) is 9.90. The van der Waals surface area contributed by atoms with E-state index in [9.17, 15) is 0 Å². The van der Waals surface area contributed by atoms with Crippen LogP contribution in [-0.2, 0) is 0 Å². The minimum Gasteiger partial charge on any atom is -0.481 e. The Balaban J connectivity index is 2.25. The van der Waals surface area contributed by atoms with Crippen molar-refractivity contribution >= 4 is 17.5 Å². The fraction of sp³-hybridized carbons (Fsp3) is 0.286. The molecule has 5 nitrogen and oxygen atoms in total. The number of rotatable bonds is 4. The van der Waals surface area contributed by atoms with E-state index in [4.69, 9.17) is 10.5 Å². The van der Waals surface area contributed by atoms with Crippen LogP contribution in [0.3, 0.4) is 0 Å². The van der Waals surface area contributed by atoms with Gasteiger partial charge in [0, 0.05) is 11.8 Å². The normalized spacial score (nSPS) is 10.5. The number of nitrogens with two attached hydrogens (primary N) is 1. The molecule has 1 aromatic carbocycles. The van der Waals surface area contributed by atoms with Gasteiger partial charge in [-0.05, 0) is 23.6 Å². The summed E-state index contributed by atoms with van der Waals surface area (Å²) in [7, 11) is 1.55. The van der Waals surface area contributed by atoms with Crippen molar-refractivity contribution < 1.29 is 4.74 Å². The first-order valence-corrected chi connectivity index (χ1v) is 6.14. The van der Waals surface area contributed by atoms with Crippen molar-refractivity contribution in [1.82, 2.24) is 9.97 Å². The van der Waals surface area contributed by atoms with Crippen LogP contribution in [0.5, 0.6) is 5.88 Å². The number of hydrogen-bond acceptors (Lipinski definition) is 5. The molecule has 0 saturated heterocycles. The molecule has 0 aliphatic heterocycles. The van der Waals surface area contributed by atoms with Gasteiger partial charge in [0.05, 0.1) is 7.11 Å². The molecule has 0 bridgehead atoms. The van der Waals surface area contributed by atoms with Crippen molar-refractivity contribution in [2.45, 2.75) is 19.8 Å². The van der Waals surface area contributed by atoms with Gasteiger partial charge in [-0.2, -0.15) is 9.97 Å². The number of hydrogen-bond donors (Lipinski definition) is 2. The van der Waals surface area contributed by atoms with Crippen LogP contribution in [0, 0.1) is 0 Å². The van der Waals surface area contributed by atoms with Crippen LogP contribution in [0.1, 0.15) is 25.3 Å².